The minimum atomic E-state index is 0.240. The number of rotatable bonds is 6. The fourth-order valence-corrected chi connectivity index (χ4v) is 2.98. The number of nitrogens with zero attached hydrogens (tertiary/aromatic N) is 1. The van der Waals surface area contributed by atoms with Gasteiger partial charge in [0.1, 0.15) is 0 Å². The summed E-state index contributed by atoms with van der Waals surface area (Å²) < 4.78 is 0. The average molecular weight is 287 g/mol. The number of hydrogen-bond acceptors (Lipinski definition) is 2. The summed E-state index contributed by atoms with van der Waals surface area (Å²) in [6, 6.07) is 12.4. The highest BCUT2D eigenvalue weighted by atomic mass is 32.1. The van der Waals surface area contributed by atoms with Crippen LogP contribution in [0.25, 0.3) is 0 Å². The Labute approximate surface area is 125 Å². The molecule has 0 bridgehead atoms. The zero-order valence-electron chi connectivity index (χ0n) is 12.1. The highest BCUT2D eigenvalue weighted by molar-refractivity contribution is 7.09. The Balaban J connectivity index is 1.91. The first-order chi connectivity index (χ1) is 9.70. The molecule has 0 unspecified atom stereocenters. The van der Waals surface area contributed by atoms with E-state index < -0.39 is 0 Å². The largest absolute Gasteiger partial charge is 0.338 e. The van der Waals surface area contributed by atoms with Gasteiger partial charge in [0.25, 0.3) is 0 Å². The van der Waals surface area contributed by atoms with E-state index in [4.69, 9.17) is 0 Å². The van der Waals surface area contributed by atoms with Crippen molar-refractivity contribution in [3.8, 4) is 0 Å². The third-order valence-corrected chi connectivity index (χ3v) is 4.39. The molecule has 0 spiro atoms. The van der Waals surface area contributed by atoms with Crippen molar-refractivity contribution < 1.29 is 4.79 Å². The van der Waals surface area contributed by atoms with Crippen molar-refractivity contribution in [2.45, 2.75) is 33.2 Å². The zero-order valence-corrected chi connectivity index (χ0v) is 13.0. The van der Waals surface area contributed by atoms with Crippen molar-refractivity contribution in [3.05, 3.63) is 57.8 Å². The van der Waals surface area contributed by atoms with Crippen LogP contribution in [0.15, 0.2) is 41.8 Å². The van der Waals surface area contributed by atoms with E-state index in [1.54, 1.807) is 11.3 Å². The van der Waals surface area contributed by atoms with E-state index in [9.17, 15) is 4.79 Å². The van der Waals surface area contributed by atoms with Gasteiger partial charge < -0.3 is 4.90 Å². The molecule has 2 rings (SSSR count). The maximum Gasteiger partial charge on any atom is 0.223 e. The van der Waals surface area contributed by atoms with Crippen molar-refractivity contribution in [3.63, 3.8) is 0 Å². The molecule has 20 heavy (non-hydrogen) atoms. The minimum Gasteiger partial charge on any atom is -0.338 e. The molecule has 0 N–H and O–H groups in total. The van der Waals surface area contributed by atoms with E-state index in [0.717, 1.165) is 19.5 Å². The van der Waals surface area contributed by atoms with Crippen molar-refractivity contribution in [1.82, 2.24) is 4.90 Å². The number of aryl methyl sites for hydroxylation is 2. The maximum atomic E-state index is 12.3. The second-order valence-electron chi connectivity index (χ2n) is 4.91. The molecule has 2 aromatic rings. The number of carbonyl (C=O) groups is 1. The van der Waals surface area contributed by atoms with Crippen LogP contribution in [-0.2, 0) is 17.8 Å². The summed E-state index contributed by atoms with van der Waals surface area (Å²) in [6.45, 7) is 5.65. The fraction of sp³-hybridized carbons (Fsp3) is 0.353. The minimum absolute atomic E-state index is 0.240. The summed E-state index contributed by atoms with van der Waals surface area (Å²) in [4.78, 5) is 15.5. The van der Waals surface area contributed by atoms with E-state index in [1.165, 1.54) is 16.0 Å². The lowest BCUT2D eigenvalue weighted by molar-refractivity contribution is -0.131. The number of benzene rings is 1. The fourth-order valence-electron chi connectivity index (χ4n) is 2.26. The molecule has 1 amide bonds. The Morgan fingerprint density at radius 2 is 2.00 bits per heavy atom. The summed E-state index contributed by atoms with van der Waals surface area (Å²) >= 11 is 1.71. The lowest BCUT2D eigenvalue weighted by Gasteiger charge is -2.20. The Morgan fingerprint density at radius 1 is 1.20 bits per heavy atom. The van der Waals surface area contributed by atoms with Gasteiger partial charge in [0.15, 0.2) is 0 Å². The van der Waals surface area contributed by atoms with Gasteiger partial charge >= 0.3 is 0 Å². The quantitative estimate of drug-likeness (QED) is 0.785. The van der Waals surface area contributed by atoms with Gasteiger partial charge in [-0.05, 0) is 42.8 Å². The standard InChI is InChI=1S/C17H21NOS/c1-3-18(13-16-9-6-12-20-16)17(19)11-10-15-8-5-4-7-14(15)2/h4-9,12H,3,10-11,13H2,1-2H3. The zero-order chi connectivity index (χ0) is 14.4. The lowest BCUT2D eigenvalue weighted by atomic mass is 10.0. The first-order valence-corrected chi connectivity index (χ1v) is 7.93. The number of carbonyl (C=O) groups excluding carboxylic acids is 1. The first kappa shape index (κ1) is 14.8. The Bertz CT molecular complexity index is 548. The molecule has 0 aliphatic rings. The van der Waals surface area contributed by atoms with Crippen LogP contribution in [0, 0.1) is 6.92 Å². The number of thiophene rings is 1. The molecular formula is C17H21NOS. The molecule has 1 heterocycles. The second kappa shape index (κ2) is 7.25. The SMILES string of the molecule is CCN(Cc1cccs1)C(=O)CCc1ccccc1C. The highest BCUT2D eigenvalue weighted by Crippen LogP contribution is 2.14. The van der Waals surface area contributed by atoms with E-state index in [1.807, 2.05) is 30.0 Å². The van der Waals surface area contributed by atoms with Crippen molar-refractivity contribution in [2.24, 2.45) is 0 Å². The summed E-state index contributed by atoms with van der Waals surface area (Å²) in [5.74, 6) is 0.240. The molecule has 106 valence electrons. The van der Waals surface area contributed by atoms with Crippen LogP contribution < -0.4 is 0 Å². The predicted molar refractivity (Wildman–Crippen MR) is 84.9 cm³/mol. The monoisotopic (exact) mass is 287 g/mol. The lowest BCUT2D eigenvalue weighted by Crippen LogP contribution is -2.30. The first-order valence-electron chi connectivity index (χ1n) is 7.05. The summed E-state index contributed by atoms with van der Waals surface area (Å²) in [5, 5.41) is 2.06. The number of amides is 1. The van der Waals surface area contributed by atoms with E-state index >= 15 is 0 Å². The van der Waals surface area contributed by atoms with Gasteiger partial charge in [-0.2, -0.15) is 0 Å². The molecule has 0 saturated heterocycles. The molecule has 1 aromatic heterocycles. The van der Waals surface area contributed by atoms with Crippen molar-refractivity contribution >= 4 is 17.2 Å². The van der Waals surface area contributed by atoms with Gasteiger partial charge in [-0.1, -0.05) is 30.3 Å². The van der Waals surface area contributed by atoms with Crippen LogP contribution in [0.4, 0.5) is 0 Å². The van der Waals surface area contributed by atoms with Gasteiger partial charge in [-0.25, -0.2) is 0 Å². The Morgan fingerprint density at radius 3 is 2.65 bits per heavy atom. The Hall–Kier alpha value is -1.61. The summed E-state index contributed by atoms with van der Waals surface area (Å²) in [7, 11) is 0. The van der Waals surface area contributed by atoms with Crippen molar-refractivity contribution in [1.29, 1.82) is 0 Å². The third-order valence-electron chi connectivity index (χ3n) is 3.53. The van der Waals surface area contributed by atoms with Gasteiger partial charge in [0.2, 0.25) is 5.91 Å². The Kier molecular flexibility index (Phi) is 5.36. The number of hydrogen-bond donors (Lipinski definition) is 0. The molecule has 0 aliphatic heterocycles. The molecule has 1 aromatic carbocycles. The predicted octanol–water partition coefficient (Wildman–Crippen LogP) is 4.04. The molecular weight excluding hydrogens is 266 g/mol. The maximum absolute atomic E-state index is 12.3. The molecule has 3 heteroatoms. The van der Waals surface area contributed by atoms with Gasteiger partial charge in [-0.15, -0.1) is 11.3 Å². The van der Waals surface area contributed by atoms with Crippen LogP contribution in [0.3, 0.4) is 0 Å². The van der Waals surface area contributed by atoms with Crippen LogP contribution in [0.1, 0.15) is 29.3 Å². The second-order valence-corrected chi connectivity index (χ2v) is 5.95. The van der Waals surface area contributed by atoms with Crippen LogP contribution in [-0.4, -0.2) is 17.4 Å². The third kappa shape index (κ3) is 3.94. The normalized spacial score (nSPS) is 10.5. The molecule has 0 saturated carbocycles. The van der Waals surface area contributed by atoms with E-state index in [2.05, 4.69) is 30.5 Å². The van der Waals surface area contributed by atoms with Gasteiger partial charge in [0.05, 0.1) is 6.54 Å². The van der Waals surface area contributed by atoms with E-state index in [-0.39, 0.29) is 5.91 Å². The van der Waals surface area contributed by atoms with E-state index in [0.29, 0.717) is 6.42 Å². The molecule has 2 nitrogen and oxygen atoms in total. The van der Waals surface area contributed by atoms with Gasteiger partial charge in [0, 0.05) is 17.8 Å². The molecule has 0 radical (unpaired) electrons. The average Bonchev–Trinajstić information content (AvgIpc) is 2.96. The topological polar surface area (TPSA) is 20.3 Å². The van der Waals surface area contributed by atoms with Crippen molar-refractivity contribution in [2.75, 3.05) is 6.54 Å². The molecule has 0 fully saturated rings. The highest BCUT2D eigenvalue weighted by Gasteiger charge is 2.13. The van der Waals surface area contributed by atoms with Crippen LogP contribution >= 0.6 is 11.3 Å². The van der Waals surface area contributed by atoms with Gasteiger partial charge in [-0.3, -0.25) is 4.79 Å². The molecule has 0 aliphatic carbocycles. The summed E-state index contributed by atoms with van der Waals surface area (Å²) in [5.41, 5.74) is 2.54. The smallest absolute Gasteiger partial charge is 0.223 e. The van der Waals surface area contributed by atoms with Crippen LogP contribution in [0.5, 0.6) is 0 Å². The molecule has 0 atom stereocenters. The van der Waals surface area contributed by atoms with Crippen LogP contribution in [0.2, 0.25) is 0 Å². The summed E-state index contributed by atoms with van der Waals surface area (Å²) in [6.07, 6.45) is 1.41.